The van der Waals surface area contributed by atoms with E-state index in [0.717, 1.165) is 19.3 Å². The van der Waals surface area contributed by atoms with Crippen LogP contribution in [-0.2, 0) is 11.2 Å². The molecule has 2 N–H and O–H groups in total. The van der Waals surface area contributed by atoms with Gasteiger partial charge < -0.3 is 15.2 Å². The first-order chi connectivity index (χ1) is 9.08. The van der Waals surface area contributed by atoms with Crippen LogP contribution in [0.1, 0.15) is 42.5 Å². The fourth-order valence-electron chi connectivity index (χ4n) is 3.24. The number of ether oxygens (including phenoxy) is 1. The Hall–Kier alpha value is -0.900. The van der Waals surface area contributed by atoms with E-state index in [9.17, 15) is 5.11 Å². The molecule has 3 rings (SSSR count). The molecule has 0 radical (unpaired) electrons. The molecule has 1 aliphatic heterocycles. The molecule has 3 unspecified atom stereocenters. The van der Waals surface area contributed by atoms with E-state index < -0.39 is 5.60 Å². The van der Waals surface area contributed by atoms with Crippen molar-refractivity contribution >= 4 is 0 Å². The van der Waals surface area contributed by atoms with Gasteiger partial charge in [-0.15, -0.1) is 0 Å². The highest BCUT2D eigenvalue weighted by molar-refractivity contribution is 5.37. The maximum atomic E-state index is 10.5. The lowest BCUT2D eigenvalue weighted by Crippen LogP contribution is -2.46. The molecule has 19 heavy (non-hydrogen) atoms. The van der Waals surface area contributed by atoms with Gasteiger partial charge in [0.15, 0.2) is 0 Å². The van der Waals surface area contributed by atoms with Crippen LogP contribution in [0.4, 0.5) is 0 Å². The molecule has 1 heterocycles. The van der Waals surface area contributed by atoms with Crippen molar-refractivity contribution in [2.75, 3.05) is 13.2 Å². The number of nitrogens with one attached hydrogen (secondary N) is 1. The van der Waals surface area contributed by atoms with Crippen LogP contribution in [0.3, 0.4) is 0 Å². The summed E-state index contributed by atoms with van der Waals surface area (Å²) in [6, 6.07) is 7.08. The van der Waals surface area contributed by atoms with Crippen LogP contribution in [0.15, 0.2) is 18.2 Å². The minimum Gasteiger partial charge on any atom is -0.386 e. The molecule has 1 aliphatic carbocycles. The van der Waals surface area contributed by atoms with Crippen LogP contribution in [0.2, 0.25) is 0 Å². The number of fused-ring (bicyclic) bond motifs is 1. The van der Waals surface area contributed by atoms with E-state index in [1.807, 2.05) is 6.92 Å². The van der Waals surface area contributed by atoms with Gasteiger partial charge in [-0.25, -0.2) is 0 Å². The van der Waals surface area contributed by atoms with Gasteiger partial charge in [-0.3, -0.25) is 0 Å². The van der Waals surface area contributed by atoms with Crippen LogP contribution in [-0.4, -0.2) is 30.0 Å². The Balaban J connectivity index is 1.68. The molecular weight excluding hydrogens is 238 g/mol. The van der Waals surface area contributed by atoms with Gasteiger partial charge in [0.05, 0.1) is 6.10 Å². The molecule has 104 valence electrons. The topological polar surface area (TPSA) is 41.5 Å². The summed E-state index contributed by atoms with van der Waals surface area (Å²) in [6.07, 6.45) is 2.93. The van der Waals surface area contributed by atoms with Gasteiger partial charge in [0.2, 0.25) is 0 Å². The largest absolute Gasteiger partial charge is 0.386 e. The highest BCUT2D eigenvalue weighted by Gasteiger charge is 2.40. The Morgan fingerprint density at radius 3 is 3.05 bits per heavy atom. The standard InChI is InChI=1S/C16H23NO2/c1-11-3-4-13-5-6-15(14(13)9-11)17-10-16(18)7-8-19-12(16)2/h3-4,9,12,15,17-18H,5-8,10H2,1-2H3. The van der Waals surface area contributed by atoms with E-state index in [0.29, 0.717) is 19.2 Å². The van der Waals surface area contributed by atoms with Crippen LogP contribution >= 0.6 is 0 Å². The number of aryl methyl sites for hydroxylation is 2. The normalized spacial score (nSPS) is 33.6. The van der Waals surface area contributed by atoms with Crippen LogP contribution in [0, 0.1) is 6.92 Å². The van der Waals surface area contributed by atoms with Gasteiger partial charge >= 0.3 is 0 Å². The lowest BCUT2D eigenvalue weighted by atomic mass is 9.95. The molecule has 0 aromatic heterocycles. The third-order valence-electron chi connectivity index (χ3n) is 4.69. The smallest absolute Gasteiger partial charge is 0.105 e. The van der Waals surface area contributed by atoms with Crippen molar-refractivity contribution in [3.63, 3.8) is 0 Å². The average Bonchev–Trinajstić information content (AvgIpc) is 2.92. The SMILES string of the molecule is Cc1ccc2c(c1)C(NCC1(O)CCOC1C)CC2. The van der Waals surface area contributed by atoms with E-state index >= 15 is 0 Å². The molecule has 0 saturated carbocycles. The molecule has 0 amide bonds. The van der Waals surface area contributed by atoms with Gasteiger partial charge in [0.1, 0.15) is 5.60 Å². The van der Waals surface area contributed by atoms with Crippen molar-refractivity contribution in [2.24, 2.45) is 0 Å². The minimum absolute atomic E-state index is 0.0709. The third kappa shape index (κ3) is 2.42. The van der Waals surface area contributed by atoms with E-state index in [2.05, 4.69) is 30.4 Å². The Morgan fingerprint density at radius 2 is 2.32 bits per heavy atom. The van der Waals surface area contributed by atoms with E-state index in [1.165, 1.54) is 16.7 Å². The Kier molecular flexibility index (Phi) is 3.37. The third-order valence-corrected chi connectivity index (χ3v) is 4.69. The highest BCUT2D eigenvalue weighted by atomic mass is 16.5. The first-order valence-corrected chi connectivity index (χ1v) is 7.25. The average molecular weight is 261 g/mol. The number of rotatable bonds is 3. The zero-order valence-corrected chi connectivity index (χ0v) is 11.8. The van der Waals surface area contributed by atoms with E-state index in [4.69, 9.17) is 4.74 Å². The molecule has 0 spiro atoms. The lowest BCUT2D eigenvalue weighted by Gasteiger charge is -2.28. The molecule has 2 aliphatic rings. The molecule has 1 aromatic rings. The number of aliphatic hydroxyl groups is 1. The first-order valence-electron chi connectivity index (χ1n) is 7.25. The van der Waals surface area contributed by atoms with Crippen molar-refractivity contribution in [3.05, 3.63) is 34.9 Å². The fraction of sp³-hybridized carbons (Fsp3) is 0.625. The maximum absolute atomic E-state index is 10.5. The fourth-order valence-corrected chi connectivity index (χ4v) is 3.24. The zero-order chi connectivity index (χ0) is 13.5. The predicted octanol–water partition coefficient (Wildman–Crippen LogP) is 2.11. The van der Waals surface area contributed by atoms with E-state index in [1.54, 1.807) is 0 Å². The molecule has 3 atom stereocenters. The van der Waals surface area contributed by atoms with Gasteiger partial charge in [-0.05, 0) is 37.8 Å². The highest BCUT2D eigenvalue weighted by Crippen LogP contribution is 2.33. The molecule has 0 bridgehead atoms. The molecule has 1 aromatic carbocycles. The summed E-state index contributed by atoms with van der Waals surface area (Å²) in [5.74, 6) is 0. The Labute approximate surface area is 115 Å². The van der Waals surface area contributed by atoms with Gasteiger partial charge in [0, 0.05) is 25.6 Å². The summed E-state index contributed by atoms with van der Waals surface area (Å²) >= 11 is 0. The summed E-state index contributed by atoms with van der Waals surface area (Å²) < 4.78 is 5.48. The number of hydrogen-bond donors (Lipinski definition) is 2. The van der Waals surface area contributed by atoms with Crippen molar-refractivity contribution in [2.45, 2.75) is 50.9 Å². The summed E-state index contributed by atoms with van der Waals surface area (Å²) in [5.41, 5.74) is 3.47. The number of hydrogen-bond acceptors (Lipinski definition) is 3. The second kappa shape index (κ2) is 4.89. The van der Waals surface area contributed by atoms with Crippen molar-refractivity contribution in [1.82, 2.24) is 5.32 Å². The molecule has 3 heteroatoms. The van der Waals surface area contributed by atoms with Crippen molar-refractivity contribution in [3.8, 4) is 0 Å². The Bertz CT molecular complexity index is 474. The van der Waals surface area contributed by atoms with Crippen molar-refractivity contribution < 1.29 is 9.84 Å². The monoisotopic (exact) mass is 261 g/mol. The molecule has 1 fully saturated rings. The van der Waals surface area contributed by atoms with Crippen molar-refractivity contribution in [1.29, 1.82) is 0 Å². The Morgan fingerprint density at radius 1 is 1.47 bits per heavy atom. The van der Waals surface area contributed by atoms with Gasteiger partial charge in [-0.2, -0.15) is 0 Å². The minimum atomic E-state index is -0.702. The maximum Gasteiger partial charge on any atom is 0.105 e. The van der Waals surface area contributed by atoms with Gasteiger partial charge in [-0.1, -0.05) is 23.8 Å². The van der Waals surface area contributed by atoms with Gasteiger partial charge in [0.25, 0.3) is 0 Å². The molecule has 1 saturated heterocycles. The summed E-state index contributed by atoms with van der Waals surface area (Å²) in [5, 5.41) is 14.1. The quantitative estimate of drug-likeness (QED) is 0.875. The lowest BCUT2D eigenvalue weighted by molar-refractivity contribution is -0.0276. The number of benzene rings is 1. The van der Waals surface area contributed by atoms with E-state index in [-0.39, 0.29) is 6.10 Å². The van der Waals surface area contributed by atoms with Crippen LogP contribution in [0.25, 0.3) is 0 Å². The predicted molar refractivity (Wildman–Crippen MR) is 75.2 cm³/mol. The van der Waals surface area contributed by atoms with Crippen LogP contribution < -0.4 is 5.32 Å². The zero-order valence-electron chi connectivity index (χ0n) is 11.8. The summed E-state index contributed by atoms with van der Waals surface area (Å²) in [7, 11) is 0. The first kappa shape index (κ1) is 13.1. The van der Waals surface area contributed by atoms with Crippen LogP contribution in [0.5, 0.6) is 0 Å². The second-order valence-electron chi connectivity index (χ2n) is 6.04. The summed E-state index contributed by atoms with van der Waals surface area (Å²) in [4.78, 5) is 0. The second-order valence-corrected chi connectivity index (χ2v) is 6.04. The summed E-state index contributed by atoms with van der Waals surface area (Å²) in [6.45, 7) is 5.38. The molecular formula is C16H23NO2. The molecule has 3 nitrogen and oxygen atoms in total.